The van der Waals surface area contributed by atoms with E-state index in [-0.39, 0.29) is 24.0 Å². The van der Waals surface area contributed by atoms with Crippen molar-refractivity contribution in [1.29, 1.82) is 0 Å². The lowest BCUT2D eigenvalue weighted by atomic mass is 9.97. The second-order valence-electron chi connectivity index (χ2n) is 4.95. The Labute approximate surface area is 120 Å². The molecular formula is C14H16F2N2O3. The van der Waals surface area contributed by atoms with Crippen molar-refractivity contribution in [2.75, 3.05) is 13.2 Å². The number of carbonyl (C=O) groups excluding carboxylic acids is 2. The number of rotatable bonds is 6. The van der Waals surface area contributed by atoms with E-state index in [0.29, 0.717) is 19.0 Å². The number of amides is 1. The van der Waals surface area contributed by atoms with Crippen molar-refractivity contribution in [2.24, 2.45) is 11.7 Å². The Bertz CT molecular complexity index is 551. The lowest BCUT2D eigenvalue weighted by molar-refractivity contribution is -0.124. The summed E-state index contributed by atoms with van der Waals surface area (Å²) in [6, 6.07) is 1.96. The first-order valence-electron chi connectivity index (χ1n) is 6.61. The molecule has 0 radical (unpaired) electrons. The van der Waals surface area contributed by atoms with Crippen molar-refractivity contribution < 1.29 is 23.1 Å². The van der Waals surface area contributed by atoms with E-state index in [2.05, 4.69) is 5.32 Å². The molecule has 2 atom stereocenters. The van der Waals surface area contributed by atoms with Gasteiger partial charge < -0.3 is 15.8 Å². The first-order valence-corrected chi connectivity index (χ1v) is 6.61. The molecule has 1 saturated heterocycles. The Morgan fingerprint density at radius 1 is 1.48 bits per heavy atom. The topological polar surface area (TPSA) is 81.4 Å². The zero-order valence-electron chi connectivity index (χ0n) is 11.3. The van der Waals surface area contributed by atoms with Crippen molar-refractivity contribution in [2.45, 2.75) is 18.9 Å². The molecule has 0 aliphatic carbocycles. The van der Waals surface area contributed by atoms with Crippen molar-refractivity contribution in [1.82, 2.24) is 5.32 Å². The number of halogens is 2. The monoisotopic (exact) mass is 298 g/mol. The molecule has 0 saturated carbocycles. The SMILES string of the molecule is NC(C[C@@H]1CCNC1=O)C(=O)COc1ccc(F)cc1F. The smallest absolute Gasteiger partial charge is 0.223 e. The summed E-state index contributed by atoms with van der Waals surface area (Å²) in [6.07, 6.45) is 0.882. The van der Waals surface area contributed by atoms with Gasteiger partial charge >= 0.3 is 0 Å². The molecule has 1 aliphatic heterocycles. The van der Waals surface area contributed by atoms with Crippen LogP contribution in [0.3, 0.4) is 0 Å². The quantitative estimate of drug-likeness (QED) is 0.812. The fourth-order valence-corrected chi connectivity index (χ4v) is 2.16. The van der Waals surface area contributed by atoms with Crippen molar-refractivity contribution in [3.63, 3.8) is 0 Å². The lowest BCUT2D eigenvalue weighted by Crippen LogP contribution is -2.37. The summed E-state index contributed by atoms with van der Waals surface area (Å²) in [6.45, 7) is 0.166. The van der Waals surface area contributed by atoms with Crippen LogP contribution in [0, 0.1) is 17.6 Å². The summed E-state index contributed by atoms with van der Waals surface area (Å²) in [5.74, 6) is -2.63. The molecule has 0 bridgehead atoms. The van der Waals surface area contributed by atoms with Crippen LogP contribution >= 0.6 is 0 Å². The molecule has 2 rings (SSSR count). The number of hydrogen-bond acceptors (Lipinski definition) is 4. The maximum absolute atomic E-state index is 13.3. The minimum absolute atomic E-state index is 0.108. The Hall–Kier alpha value is -2.02. The summed E-state index contributed by atoms with van der Waals surface area (Å²) < 4.78 is 31.0. The van der Waals surface area contributed by atoms with Gasteiger partial charge in [0.2, 0.25) is 5.91 Å². The van der Waals surface area contributed by atoms with Crippen LogP contribution in [0.4, 0.5) is 8.78 Å². The maximum Gasteiger partial charge on any atom is 0.223 e. The van der Waals surface area contributed by atoms with Crippen LogP contribution in [0.5, 0.6) is 5.75 Å². The molecule has 1 unspecified atom stereocenters. The number of hydrogen-bond donors (Lipinski definition) is 2. The molecule has 1 fully saturated rings. The number of nitrogens with two attached hydrogens (primary N) is 1. The number of ether oxygens (including phenoxy) is 1. The van der Waals surface area contributed by atoms with Crippen LogP contribution in [0.15, 0.2) is 18.2 Å². The second-order valence-corrected chi connectivity index (χ2v) is 4.95. The average molecular weight is 298 g/mol. The van der Waals surface area contributed by atoms with E-state index in [1.807, 2.05) is 0 Å². The van der Waals surface area contributed by atoms with E-state index in [4.69, 9.17) is 10.5 Å². The highest BCUT2D eigenvalue weighted by Crippen LogP contribution is 2.18. The number of Topliss-reactive ketones (excluding diaryl/α,β-unsaturated/α-hetero) is 1. The molecular weight excluding hydrogens is 282 g/mol. The van der Waals surface area contributed by atoms with Gasteiger partial charge in [-0.25, -0.2) is 8.78 Å². The van der Waals surface area contributed by atoms with Crippen LogP contribution in [0.1, 0.15) is 12.8 Å². The minimum Gasteiger partial charge on any atom is -0.483 e. The highest BCUT2D eigenvalue weighted by Gasteiger charge is 2.28. The van der Waals surface area contributed by atoms with Crippen LogP contribution in [-0.2, 0) is 9.59 Å². The zero-order chi connectivity index (χ0) is 15.4. The molecule has 0 spiro atoms. The highest BCUT2D eigenvalue weighted by molar-refractivity contribution is 5.87. The fraction of sp³-hybridized carbons (Fsp3) is 0.429. The minimum atomic E-state index is -0.883. The molecule has 3 N–H and O–H groups in total. The summed E-state index contributed by atoms with van der Waals surface area (Å²) in [4.78, 5) is 23.2. The van der Waals surface area contributed by atoms with E-state index in [1.54, 1.807) is 0 Å². The van der Waals surface area contributed by atoms with E-state index in [1.165, 1.54) is 0 Å². The lowest BCUT2D eigenvalue weighted by Gasteiger charge is -2.14. The summed E-state index contributed by atoms with van der Waals surface area (Å²) in [5.41, 5.74) is 5.72. The van der Waals surface area contributed by atoms with Gasteiger partial charge in [-0.05, 0) is 25.0 Å². The van der Waals surface area contributed by atoms with Crippen molar-refractivity contribution in [3.05, 3.63) is 29.8 Å². The van der Waals surface area contributed by atoms with Crippen LogP contribution in [0.2, 0.25) is 0 Å². The fourth-order valence-electron chi connectivity index (χ4n) is 2.16. The number of ketones is 1. The highest BCUT2D eigenvalue weighted by atomic mass is 19.1. The van der Waals surface area contributed by atoms with E-state index in [0.717, 1.165) is 12.1 Å². The summed E-state index contributed by atoms with van der Waals surface area (Å²) >= 11 is 0. The third kappa shape index (κ3) is 3.98. The van der Waals surface area contributed by atoms with E-state index < -0.39 is 30.1 Å². The third-order valence-electron chi connectivity index (χ3n) is 3.38. The predicted octanol–water partition coefficient (Wildman–Crippen LogP) is 0.766. The first-order chi connectivity index (χ1) is 9.97. The molecule has 21 heavy (non-hydrogen) atoms. The number of benzene rings is 1. The predicted molar refractivity (Wildman–Crippen MR) is 70.6 cm³/mol. The normalized spacial score (nSPS) is 19.2. The largest absolute Gasteiger partial charge is 0.483 e. The van der Waals surface area contributed by atoms with Gasteiger partial charge in [0.25, 0.3) is 0 Å². The second kappa shape index (κ2) is 6.62. The molecule has 1 aromatic rings. The third-order valence-corrected chi connectivity index (χ3v) is 3.38. The van der Waals surface area contributed by atoms with Crippen LogP contribution < -0.4 is 15.8 Å². The van der Waals surface area contributed by atoms with Gasteiger partial charge in [0, 0.05) is 18.5 Å². The van der Waals surface area contributed by atoms with Gasteiger partial charge in [-0.1, -0.05) is 0 Å². The van der Waals surface area contributed by atoms with Gasteiger partial charge in [-0.2, -0.15) is 0 Å². The molecule has 1 amide bonds. The molecule has 7 heteroatoms. The average Bonchev–Trinajstić information content (AvgIpc) is 2.83. The molecule has 1 aliphatic rings. The summed E-state index contributed by atoms with van der Waals surface area (Å²) in [5, 5.41) is 2.66. The molecule has 5 nitrogen and oxygen atoms in total. The van der Waals surface area contributed by atoms with Gasteiger partial charge in [0.05, 0.1) is 6.04 Å². The van der Waals surface area contributed by atoms with Crippen LogP contribution in [-0.4, -0.2) is 30.9 Å². The van der Waals surface area contributed by atoms with Gasteiger partial charge in [0.15, 0.2) is 17.3 Å². The Morgan fingerprint density at radius 2 is 2.24 bits per heavy atom. The Kier molecular flexibility index (Phi) is 4.85. The summed E-state index contributed by atoms with van der Waals surface area (Å²) in [7, 11) is 0. The van der Waals surface area contributed by atoms with Crippen LogP contribution in [0.25, 0.3) is 0 Å². The van der Waals surface area contributed by atoms with Crippen molar-refractivity contribution in [3.8, 4) is 5.75 Å². The van der Waals surface area contributed by atoms with Gasteiger partial charge in [0.1, 0.15) is 12.4 Å². The molecule has 0 aromatic heterocycles. The molecule has 114 valence electrons. The van der Waals surface area contributed by atoms with Gasteiger partial charge in [-0.3, -0.25) is 9.59 Å². The standard InChI is InChI=1S/C14H16F2N2O3/c15-9-1-2-13(10(16)6-9)21-7-12(19)11(17)5-8-3-4-18-14(8)20/h1-2,6,8,11H,3-5,7,17H2,(H,18,20)/t8-,11?/m0/s1. The zero-order valence-corrected chi connectivity index (χ0v) is 11.3. The van der Waals surface area contributed by atoms with Gasteiger partial charge in [-0.15, -0.1) is 0 Å². The first kappa shape index (κ1) is 15.4. The van der Waals surface area contributed by atoms with E-state index in [9.17, 15) is 18.4 Å². The number of carbonyl (C=O) groups is 2. The molecule has 1 aromatic carbocycles. The Morgan fingerprint density at radius 3 is 2.86 bits per heavy atom. The maximum atomic E-state index is 13.3. The molecule has 1 heterocycles. The van der Waals surface area contributed by atoms with Crippen molar-refractivity contribution >= 4 is 11.7 Å². The van der Waals surface area contributed by atoms with E-state index >= 15 is 0 Å². The Balaban J connectivity index is 1.84. The number of nitrogens with one attached hydrogen (secondary N) is 1.